The number of ether oxygens (including phenoxy) is 2. The molecule has 0 unspecified atom stereocenters. The summed E-state index contributed by atoms with van der Waals surface area (Å²) in [4.78, 5) is 15.4. The first-order valence-corrected chi connectivity index (χ1v) is 12.0. The van der Waals surface area contributed by atoms with E-state index in [0.717, 1.165) is 30.4 Å². The Morgan fingerprint density at radius 1 is 0.935 bits per heavy atom. The Morgan fingerprint density at radius 2 is 1.61 bits per heavy atom. The molecular formula is C23H28N2O5S. The number of nitrogens with zero attached hydrogens (tertiary/aromatic N) is 2. The van der Waals surface area contributed by atoms with E-state index in [-0.39, 0.29) is 17.3 Å². The summed E-state index contributed by atoms with van der Waals surface area (Å²) in [6, 6.07) is 11.5. The third-order valence-electron chi connectivity index (χ3n) is 6.12. The van der Waals surface area contributed by atoms with Crippen molar-refractivity contribution in [2.24, 2.45) is 0 Å². The van der Waals surface area contributed by atoms with Gasteiger partial charge in [0.05, 0.1) is 19.1 Å². The van der Waals surface area contributed by atoms with Gasteiger partial charge in [-0.2, -0.15) is 4.31 Å². The summed E-state index contributed by atoms with van der Waals surface area (Å²) in [6.07, 6.45) is 3.39. The second-order valence-corrected chi connectivity index (χ2v) is 9.83. The van der Waals surface area contributed by atoms with Crippen LogP contribution in [0.25, 0.3) is 0 Å². The minimum atomic E-state index is -3.94. The lowest BCUT2D eigenvalue weighted by Crippen LogP contribution is -2.54. The molecule has 2 aliphatic heterocycles. The first-order chi connectivity index (χ1) is 15.0. The monoisotopic (exact) mass is 444 g/mol. The minimum absolute atomic E-state index is 0.0842. The van der Waals surface area contributed by atoms with Crippen molar-refractivity contribution in [1.29, 1.82) is 0 Å². The van der Waals surface area contributed by atoms with Gasteiger partial charge < -0.3 is 14.4 Å². The molecule has 8 heteroatoms. The van der Waals surface area contributed by atoms with Gasteiger partial charge in [-0.15, -0.1) is 0 Å². The molecular weight excluding hydrogens is 416 g/mol. The summed E-state index contributed by atoms with van der Waals surface area (Å²) in [6.45, 7) is 1.53. The molecule has 1 saturated heterocycles. The van der Waals surface area contributed by atoms with E-state index in [1.165, 1.54) is 30.7 Å². The van der Waals surface area contributed by atoms with Crippen molar-refractivity contribution >= 4 is 15.9 Å². The van der Waals surface area contributed by atoms with E-state index >= 15 is 0 Å². The molecule has 4 rings (SSSR count). The van der Waals surface area contributed by atoms with Crippen LogP contribution in [0.15, 0.2) is 47.4 Å². The zero-order valence-corrected chi connectivity index (χ0v) is 18.7. The number of benzene rings is 2. The number of carbonyl (C=O) groups is 1. The van der Waals surface area contributed by atoms with Crippen LogP contribution in [0.5, 0.6) is 11.5 Å². The van der Waals surface area contributed by atoms with Gasteiger partial charge in [-0.1, -0.05) is 24.3 Å². The number of piperidine rings is 1. The lowest BCUT2D eigenvalue weighted by molar-refractivity contribution is -0.136. The molecule has 0 N–H and O–H groups in total. The van der Waals surface area contributed by atoms with Crippen LogP contribution in [-0.2, 0) is 27.8 Å². The van der Waals surface area contributed by atoms with Crippen molar-refractivity contribution in [3.05, 3.63) is 53.6 Å². The Labute approximate surface area is 183 Å². The first-order valence-electron chi connectivity index (χ1n) is 10.5. The van der Waals surface area contributed by atoms with Gasteiger partial charge in [0, 0.05) is 25.7 Å². The van der Waals surface area contributed by atoms with Crippen molar-refractivity contribution in [2.45, 2.75) is 43.2 Å². The molecule has 31 heavy (non-hydrogen) atoms. The van der Waals surface area contributed by atoms with E-state index in [9.17, 15) is 13.2 Å². The number of hydrogen-bond acceptors (Lipinski definition) is 5. The van der Waals surface area contributed by atoms with E-state index in [2.05, 4.69) is 0 Å². The van der Waals surface area contributed by atoms with Gasteiger partial charge >= 0.3 is 0 Å². The SMILES string of the molecule is COc1ccc(S(=O)(=O)N2Cc3ccccc3C[C@@H]2C(=O)N2CCCCC2)cc1OC. The highest BCUT2D eigenvalue weighted by molar-refractivity contribution is 7.89. The van der Waals surface area contributed by atoms with Gasteiger partial charge in [0.2, 0.25) is 15.9 Å². The topological polar surface area (TPSA) is 76.2 Å². The molecule has 0 saturated carbocycles. The van der Waals surface area contributed by atoms with Gasteiger partial charge in [0.15, 0.2) is 11.5 Å². The van der Waals surface area contributed by atoms with Crippen molar-refractivity contribution in [3.8, 4) is 11.5 Å². The molecule has 0 aromatic heterocycles. The Morgan fingerprint density at radius 3 is 2.29 bits per heavy atom. The van der Waals surface area contributed by atoms with Gasteiger partial charge in [0.1, 0.15) is 6.04 Å². The van der Waals surface area contributed by atoms with Crippen molar-refractivity contribution in [2.75, 3.05) is 27.3 Å². The first kappa shape index (κ1) is 21.6. The fraction of sp³-hybridized carbons (Fsp3) is 0.435. The van der Waals surface area contributed by atoms with Crippen LogP contribution in [0, 0.1) is 0 Å². The molecule has 2 aromatic carbocycles. The summed E-state index contributed by atoms with van der Waals surface area (Å²) in [5.74, 6) is 0.671. The van der Waals surface area contributed by atoms with Crippen molar-refractivity contribution in [1.82, 2.24) is 9.21 Å². The Hall–Kier alpha value is -2.58. The molecule has 2 heterocycles. The maximum atomic E-state index is 13.7. The van der Waals surface area contributed by atoms with Gasteiger partial charge in [0.25, 0.3) is 0 Å². The van der Waals surface area contributed by atoms with Crippen LogP contribution in [0.1, 0.15) is 30.4 Å². The maximum absolute atomic E-state index is 13.7. The lowest BCUT2D eigenvalue weighted by atomic mass is 9.94. The Bertz CT molecular complexity index is 1060. The molecule has 2 aromatic rings. The third-order valence-corrected chi connectivity index (χ3v) is 7.97. The van der Waals surface area contributed by atoms with Crippen LogP contribution < -0.4 is 9.47 Å². The zero-order valence-electron chi connectivity index (χ0n) is 17.9. The molecule has 7 nitrogen and oxygen atoms in total. The second-order valence-electron chi connectivity index (χ2n) is 7.94. The van der Waals surface area contributed by atoms with E-state index < -0.39 is 16.1 Å². The van der Waals surface area contributed by atoms with E-state index in [1.807, 2.05) is 29.2 Å². The second kappa shape index (κ2) is 8.88. The summed E-state index contributed by atoms with van der Waals surface area (Å²) in [7, 11) is -0.978. The number of rotatable bonds is 5. The smallest absolute Gasteiger partial charge is 0.244 e. The quantitative estimate of drug-likeness (QED) is 0.709. The Kier molecular flexibility index (Phi) is 6.20. The molecule has 2 aliphatic rings. The molecule has 1 fully saturated rings. The predicted octanol–water partition coefficient (Wildman–Crippen LogP) is 2.83. The van der Waals surface area contributed by atoms with Crippen molar-refractivity contribution < 1.29 is 22.7 Å². The molecule has 1 atom stereocenters. The largest absolute Gasteiger partial charge is 0.493 e. The summed E-state index contributed by atoms with van der Waals surface area (Å²) < 4.78 is 39.3. The van der Waals surface area contributed by atoms with Crippen LogP contribution in [-0.4, -0.2) is 56.9 Å². The highest BCUT2D eigenvalue weighted by atomic mass is 32.2. The number of amides is 1. The Balaban J connectivity index is 1.74. The zero-order chi connectivity index (χ0) is 22.0. The minimum Gasteiger partial charge on any atom is -0.493 e. The average molecular weight is 445 g/mol. The van der Waals surface area contributed by atoms with Crippen LogP contribution in [0.3, 0.4) is 0 Å². The lowest BCUT2D eigenvalue weighted by Gasteiger charge is -2.38. The van der Waals surface area contributed by atoms with Gasteiger partial charge in [-0.25, -0.2) is 8.42 Å². The maximum Gasteiger partial charge on any atom is 0.244 e. The number of hydrogen-bond donors (Lipinski definition) is 0. The summed E-state index contributed by atoms with van der Waals surface area (Å²) >= 11 is 0. The summed E-state index contributed by atoms with van der Waals surface area (Å²) in [5.41, 5.74) is 1.95. The van der Waals surface area contributed by atoms with E-state index in [0.29, 0.717) is 31.0 Å². The number of carbonyl (C=O) groups excluding carboxylic acids is 1. The third kappa shape index (κ3) is 4.14. The molecule has 166 valence electrons. The van der Waals surface area contributed by atoms with Gasteiger partial charge in [-0.3, -0.25) is 4.79 Å². The summed E-state index contributed by atoms with van der Waals surface area (Å²) in [5, 5.41) is 0. The number of sulfonamides is 1. The highest BCUT2D eigenvalue weighted by Gasteiger charge is 2.41. The molecule has 1 amide bonds. The van der Waals surface area contributed by atoms with Crippen LogP contribution >= 0.6 is 0 Å². The van der Waals surface area contributed by atoms with E-state index in [1.54, 1.807) is 6.07 Å². The predicted molar refractivity (Wildman–Crippen MR) is 117 cm³/mol. The molecule has 0 spiro atoms. The van der Waals surface area contributed by atoms with Crippen LogP contribution in [0.2, 0.25) is 0 Å². The molecule has 0 radical (unpaired) electrons. The van der Waals surface area contributed by atoms with Gasteiger partial charge in [-0.05, 0) is 48.9 Å². The molecule has 0 aliphatic carbocycles. The number of fused-ring (bicyclic) bond motifs is 1. The average Bonchev–Trinajstić information content (AvgIpc) is 2.82. The fourth-order valence-electron chi connectivity index (χ4n) is 4.40. The fourth-order valence-corrected chi connectivity index (χ4v) is 5.98. The van der Waals surface area contributed by atoms with Crippen LogP contribution in [0.4, 0.5) is 0 Å². The number of likely N-dealkylation sites (tertiary alicyclic amines) is 1. The highest BCUT2D eigenvalue weighted by Crippen LogP contribution is 2.34. The van der Waals surface area contributed by atoms with Crippen molar-refractivity contribution in [3.63, 3.8) is 0 Å². The normalized spacial score (nSPS) is 19.5. The standard InChI is InChI=1S/C23H28N2O5S/c1-29-21-11-10-19(15-22(21)30-2)31(27,28)25-16-18-9-5-4-8-17(18)14-20(25)23(26)24-12-6-3-7-13-24/h4-5,8-11,15,20H,3,6-7,12-14,16H2,1-2H3/t20-/m1/s1. The number of methoxy groups -OCH3 is 2. The molecule has 0 bridgehead atoms. The van der Waals surface area contributed by atoms with E-state index in [4.69, 9.17) is 9.47 Å².